The summed E-state index contributed by atoms with van der Waals surface area (Å²) in [6.45, 7) is 2.46. The lowest BCUT2D eigenvalue weighted by Gasteiger charge is -2.11. The van der Waals surface area contributed by atoms with Gasteiger partial charge in [0.2, 0.25) is 0 Å². The molecule has 1 heterocycles. The van der Waals surface area contributed by atoms with E-state index >= 15 is 0 Å². The van der Waals surface area contributed by atoms with Crippen LogP contribution in [0.3, 0.4) is 0 Å². The van der Waals surface area contributed by atoms with Crippen molar-refractivity contribution in [1.29, 1.82) is 0 Å². The fraction of sp³-hybridized carbons (Fsp3) is 0.500. The highest BCUT2D eigenvalue weighted by Crippen LogP contribution is 2.08. The molecule has 0 spiro atoms. The van der Waals surface area contributed by atoms with Gasteiger partial charge in [0.1, 0.15) is 5.82 Å². The minimum atomic E-state index is -0.604. The first-order valence-corrected chi connectivity index (χ1v) is 4.71. The van der Waals surface area contributed by atoms with E-state index in [4.69, 9.17) is 11.6 Å². The van der Waals surface area contributed by atoms with Crippen molar-refractivity contribution in [1.82, 2.24) is 9.55 Å². The number of nitrogens with zero attached hydrogens (tertiary/aromatic N) is 1. The molecule has 0 atom stereocenters. The molecule has 15 heavy (non-hydrogen) atoms. The summed E-state index contributed by atoms with van der Waals surface area (Å²) in [6, 6.07) is 0. The van der Waals surface area contributed by atoms with Crippen molar-refractivity contribution in [3.8, 4) is 0 Å². The van der Waals surface area contributed by atoms with Crippen LogP contribution in [0, 0.1) is 0 Å². The molecular weight excluding hydrogens is 198 g/mol. The Morgan fingerprint density at radius 3 is 2.67 bits per heavy atom. The molecule has 6 N–H and O–H groups in total. The number of rotatable bonds is 4. The third-order valence-electron chi connectivity index (χ3n) is 2.12. The Balaban J connectivity index is 3.26. The molecule has 0 saturated carbocycles. The monoisotopic (exact) mass is 213 g/mol. The zero-order valence-corrected chi connectivity index (χ0v) is 8.54. The van der Waals surface area contributed by atoms with Crippen molar-refractivity contribution in [3.63, 3.8) is 0 Å². The number of hydrazine groups is 1. The van der Waals surface area contributed by atoms with Gasteiger partial charge in [-0.25, -0.2) is 4.79 Å². The van der Waals surface area contributed by atoms with Crippen molar-refractivity contribution in [2.75, 3.05) is 11.2 Å². The maximum atomic E-state index is 11.4. The van der Waals surface area contributed by atoms with Gasteiger partial charge in [-0.05, 0) is 6.42 Å². The Hall–Kier alpha value is -1.76. The molecule has 0 aliphatic rings. The number of nitrogen functional groups attached to an aromatic ring is 2. The molecule has 0 amide bonds. The molecule has 0 unspecified atom stereocenters. The third kappa shape index (κ3) is 2.18. The molecule has 0 fully saturated rings. The summed E-state index contributed by atoms with van der Waals surface area (Å²) in [5.41, 5.74) is 6.72. The van der Waals surface area contributed by atoms with Gasteiger partial charge in [0.15, 0.2) is 5.69 Å². The predicted molar refractivity (Wildman–Crippen MR) is 58.5 cm³/mol. The van der Waals surface area contributed by atoms with E-state index in [1.807, 2.05) is 6.92 Å². The molecule has 7 heteroatoms. The largest absolute Gasteiger partial charge is 0.383 e. The molecule has 0 aromatic carbocycles. The van der Waals surface area contributed by atoms with E-state index in [1.165, 1.54) is 4.57 Å². The Kier molecular flexibility index (Phi) is 3.51. The maximum Gasteiger partial charge on any atom is 0.330 e. The Morgan fingerprint density at radius 1 is 1.47 bits per heavy atom. The molecule has 0 saturated heterocycles. The van der Waals surface area contributed by atoms with Crippen LogP contribution in [-0.2, 0) is 6.54 Å². The number of nitrogens with two attached hydrogens (primary N) is 2. The van der Waals surface area contributed by atoms with Crippen molar-refractivity contribution in [2.24, 2.45) is 5.84 Å². The first-order chi connectivity index (χ1) is 7.11. The van der Waals surface area contributed by atoms with Crippen LogP contribution in [-0.4, -0.2) is 9.55 Å². The smallest absolute Gasteiger partial charge is 0.330 e. The lowest BCUT2D eigenvalue weighted by Crippen LogP contribution is -2.35. The average molecular weight is 213 g/mol. The van der Waals surface area contributed by atoms with E-state index in [0.29, 0.717) is 6.54 Å². The number of H-pyrrole nitrogens is 1. The summed E-state index contributed by atoms with van der Waals surface area (Å²) >= 11 is 0. The van der Waals surface area contributed by atoms with Crippen LogP contribution < -0.4 is 28.3 Å². The molecule has 1 aromatic heterocycles. The minimum absolute atomic E-state index is 0.0192. The molecule has 0 bridgehead atoms. The van der Waals surface area contributed by atoms with Crippen molar-refractivity contribution < 1.29 is 0 Å². The number of aromatic amines is 1. The third-order valence-corrected chi connectivity index (χ3v) is 2.12. The lowest BCUT2D eigenvalue weighted by molar-refractivity contribution is 0.605. The summed E-state index contributed by atoms with van der Waals surface area (Å²) in [6.07, 6.45) is 1.73. The zero-order valence-electron chi connectivity index (χ0n) is 8.54. The van der Waals surface area contributed by atoms with E-state index in [9.17, 15) is 9.59 Å². The van der Waals surface area contributed by atoms with E-state index in [1.54, 1.807) is 0 Å². The molecule has 1 rings (SSSR count). The van der Waals surface area contributed by atoms with Crippen molar-refractivity contribution >= 4 is 11.5 Å². The van der Waals surface area contributed by atoms with Crippen LogP contribution in [0.2, 0.25) is 0 Å². The lowest BCUT2D eigenvalue weighted by atomic mass is 10.3. The Labute approximate surface area is 86.1 Å². The number of hydrogen-bond donors (Lipinski definition) is 4. The molecule has 7 nitrogen and oxygen atoms in total. The number of anilines is 2. The quantitative estimate of drug-likeness (QED) is 0.386. The minimum Gasteiger partial charge on any atom is -0.383 e. The van der Waals surface area contributed by atoms with Gasteiger partial charge in [0.25, 0.3) is 5.56 Å². The van der Waals surface area contributed by atoms with Gasteiger partial charge in [0.05, 0.1) is 0 Å². The first kappa shape index (κ1) is 11.3. The Bertz CT molecular complexity index is 447. The SMILES string of the molecule is CCCCn1c(N)c(NN)c(=O)[nH]c1=O. The topological polar surface area (TPSA) is 119 Å². The second-order valence-electron chi connectivity index (χ2n) is 3.17. The summed E-state index contributed by atoms with van der Waals surface area (Å²) < 4.78 is 1.29. The maximum absolute atomic E-state index is 11.4. The van der Waals surface area contributed by atoms with Gasteiger partial charge in [0, 0.05) is 6.54 Å². The van der Waals surface area contributed by atoms with Gasteiger partial charge < -0.3 is 11.2 Å². The van der Waals surface area contributed by atoms with Gasteiger partial charge in [-0.3, -0.25) is 20.2 Å². The van der Waals surface area contributed by atoms with E-state index in [-0.39, 0.29) is 11.5 Å². The summed E-state index contributed by atoms with van der Waals surface area (Å²) in [7, 11) is 0. The van der Waals surface area contributed by atoms with Crippen LogP contribution in [0.5, 0.6) is 0 Å². The summed E-state index contributed by atoms with van der Waals surface area (Å²) in [5, 5.41) is 0. The fourth-order valence-corrected chi connectivity index (χ4v) is 1.27. The molecule has 1 aromatic rings. The normalized spacial score (nSPS) is 10.3. The first-order valence-electron chi connectivity index (χ1n) is 4.71. The van der Waals surface area contributed by atoms with E-state index in [0.717, 1.165) is 12.8 Å². The summed E-state index contributed by atoms with van der Waals surface area (Å²) in [5.74, 6) is 5.20. The molecular formula is C8H15N5O2. The van der Waals surface area contributed by atoms with Crippen LogP contribution in [0.25, 0.3) is 0 Å². The second kappa shape index (κ2) is 4.65. The molecule has 0 aliphatic carbocycles. The van der Waals surface area contributed by atoms with Gasteiger partial charge >= 0.3 is 5.69 Å². The zero-order chi connectivity index (χ0) is 11.4. The number of hydrogen-bond acceptors (Lipinski definition) is 5. The van der Waals surface area contributed by atoms with Crippen LogP contribution in [0.15, 0.2) is 9.59 Å². The van der Waals surface area contributed by atoms with Crippen LogP contribution >= 0.6 is 0 Å². The molecule has 0 aliphatic heterocycles. The highest BCUT2D eigenvalue weighted by atomic mass is 16.2. The van der Waals surface area contributed by atoms with Gasteiger partial charge in [-0.15, -0.1) is 0 Å². The fourth-order valence-electron chi connectivity index (χ4n) is 1.27. The van der Waals surface area contributed by atoms with Crippen LogP contribution in [0.4, 0.5) is 11.5 Å². The van der Waals surface area contributed by atoms with Gasteiger partial charge in [-0.2, -0.15) is 0 Å². The predicted octanol–water partition coefficient (Wildman–Crippen LogP) is -0.795. The highest BCUT2D eigenvalue weighted by molar-refractivity contribution is 5.59. The number of aromatic nitrogens is 2. The Morgan fingerprint density at radius 2 is 2.13 bits per heavy atom. The molecule has 0 radical (unpaired) electrons. The highest BCUT2D eigenvalue weighted by Gasteiger charge is 2.09. The van der Waals surface area contributed by atoms with Gasteiger partial charge in [-0.1, -0.05) is 13.3 Å². The standard InChI is InChI=1S/C8H15N5O2/c1-2-3-4-13-6(9)5(12-10)7(14)11-8(13)15/h12H,2-4,9-10H2,1H3,(H,11,14,15). The number of unbranched alkanes of at least 4 members (excludes halogenated alkanes) is 1. The van der Waals surface area contributed by atoms with Crippen molar-refractivity contribution in [3.05, 3.63) is 20.8 Å². The second-order valence-corrected chi connectivity index (χ2v) is 3.17. The molecule has 84 valence electrons. The number of nitrogens with one attached hydrogen (secondary N) is 2. The van der Waals surface area contributed by atoms with E-state index < -0.39 is 11.2 Å². The average Bonchev–Trinajstić information content (AvgIpc) is 2.17. The summed E-state index contributed by atoms with van der Waals surface area (Å²) in [4.78, 5) is 24.8. The van der Waals surface area contributed by atoms with E-state index in [2.05, 4.69) is 10.4 Å². The van der Waals surface area contributed by atoms with Crippen LogP contribution in [0.1, 0.15) is 19.8 Å². The van der Waals surface area contributed by atoms with Crippen molar-refractivity contribution in [2.45, 2.75) is 26.3 Å².